The minimum absolute atomic E-state index is 0.107. The number of hydrogen-bond acceptors (Lipinski definition) is 10. The molecule has 4 aliphatic heterocycles. The fraction of sp³-hybridized carbons (Fsp3) is 0.524. The van der Waals surface area contributed by atoms with Gasteiger partial charge >= 0.3 is 11.9 Å². The topological polar surface area (TPSA) is 180 Å². The molecule has 7 atom stereocenters. The molecule has 2 aromatic rings. The third-order valence-corrected chi connectivity index (χ3v) is 14.8. The second-order valence-electron chi connectivity index (χ2n) is 16.1. The van der Waals surface area contributed by atoms with Gasteiger partial charge in [-0.3, -0.25) is 33.9 Å². The number of nitrogens with zero attached hydrogens (tertiary/aromatic N) is 4. The number of benzene rings is 2. The van der Waals surface area contributed by atoms with Crippen molar-refractivity contribution < 1.29 is 39.0 Å². The molecule has 0 spiro atoms. The van der Waals surface area contributed by atoms with Crippen LogP contribution in [0.5, 0.6) is 0 Å². The van der Waals surface area contributed by atoms with Crippen LogP contribution in [0.25, 0.3) is 0 Å². The summed E-state index contributed by atoms with van der Waals surface area (Å²) >= 11 is 8.85. The quantitative estimate of drug-likeness (QED) is 0.107. The maximum Gasteiger partial charge on any atom is 0.353 e. The van der Waals surface area contributed by atoms with Crippen molar-refractivity contribution in [1.82, 2.24) is 30.2 Å². The van der Waals surface area contributed by atoms with Gasteiger partial charge in [0.1, 0.15) is 46.7 Å². The molecule has 14 nitrogen and oxygen atoms in total. The molecule has 2 aromatic carbocycles. The van der Waals surface area contributed by atoms with E-state index in [0.29, 0.717) is 13.1 Å². The van der Waals surface area contributed by atoms with Crippen molar-refractivity contribution in [1.29, 1.82) is 0 Å². The van der Waals surface area contributed by atoms with Crippen LogP contribution in [0.4, 0.5) is 0 Å². The maximum atomic E-state index is 13.8. The van der Waals surface area contributed by atoms with Crippen LogP contribution in [0.2, 0.25) is 0 Å². The Labute approximate surface area is 358 Å². The molecule has 4 heterocycles. The molecule has 0 aliphatic carbocycles. The first-order chi connectivity index (χ1) is 28.1. The lowest BCUT2D eigenvalue weighted by molar-refractivity contribution is -0.161. The number of unbranched alkanes of at least 4 members (excludes halogenated alkanes) is 6. The zero-order valence-corrected chi connectivity index (χ0v) is 36.1. The number of likely N-dealkylation sites (N-methyl/N-ethyl adjacent to an activating group) is 2. The van der Waals surface area contributed by atoms with Gasteiger partial charge in [-0.1, -0.05) is 104 Å². The van der Waals surface area contributed by atoms with Gasteiger partial charge in [0.05, 0.1) is 5.03 Å². The van der Waals surface area contributed by atoms with E-state index < -0.39 is 63.5 Å². The summed E-state index contributed by atoms with van der Waals surface area (Å²) in [5.41, 5.74) is 1.40. The lowest BCUT2D eigenvalue weighted by Gasteiger charge is -2.49. The van der Waals surface area contributed by atoms with E-state index in [1.807, 2.05) is 98.4 Å². The standard InChI is InChI=1S/C42H53ClN6O8S2/c1-42(2)33(41(56)57)49-37(53)29(39(49)59-42)45-35(51)31(26-20-14-11-15-21-26)47(4)23-17-9-7-5-6-8-16-22-46(3)30(25-18-12-10-13-19-25)34(50)44-28-36(52)48-32(40(54)55)27(43)24-58-38(28)48/h10-15,18-21,28-31,33,38-39H,5-9,16-17,22-24H2,1-4H3,(H,44,50)(H,45,51)(H,54,55)(H,56,57)/t28?,29-,30?,31-,33+,38?,39?/m0/s1. The Morgan fingerprint density at radius 1 is 0.763 bits per heavy atom. The first-order valence-corrected chi connectivity index (χ1v) is 22.3. The molecule has 0 aromatic heterocycles. The fourth-order valence-corrected chi connectivity index (χ4v) is 11.7. The van der Waals surface area contributed by atoms with E-state index in [1.165, 1.54) is 28.4 Å². The van der Waals surface area contributed by atoms with Crippen LogP contribution < -0.4 is 10.6 Å². The van der Waals surface area contributed by atoms with Gasteiger partial charge in [-0.25, -0.2) is 9.59 Å². The number of nitrogens with one attached hydrogen (secondary N) is 2. The number of β-lactam (4-membered cyclic amide) rings is 2. The van der Waals surface area contributed by atoms with Crippen molar-refractivity contribution in [2.24, 2.45) is 0 Å². The Hall–Kier alpha value is -4.09. The third kappa shape index (κ3) is 9.46. The lowest BCUT2D eigenvalue weighted by atomic mass is 9.95. The Morgan fingerprint density at radius 2 is 1.22 bits per heavy atom. The predicted octanol–water partition coefficient (Wildman–Crippen LogP) is 4.63. The van der Waals surface area contributed by atoms with E-state index in [0.717, 1.165) is 61.0 Å². The second-order valence-corrected chi connectivity index (χ2v) is 19.4. The van der Waals surface area contributed by atoms with E-state index in [4.69, 9.17) is 11.6 Å². The highest BCUT2D eigenvalue weighted by atomic mass is 35.5. The number of carboxylic acid groups (broad SMARTS) is 2. The number of aliphatic carboxylic acids is 2. The van der Waals surface area contributed by atoms with Gasteiger partial charge in [-0.15, -0.1) is 23.5 Å². The minimum Gasteiger partial charge on any atom is -0.480 e. The van der Waals surface area contributed by atoms with Crippen molar-refractivity contribution in [2.75, 3.05) is 32.9 Å². The molecule has 4 N–H and O–H groups in total. The molecule has 318 valence electrons. The summed E-state index contributed by atoms with van der Waals surface area (Å²) in [5, 5.41) is 24.4. The van der Waals surface area contributed by atoms with Crippen molar-refractivity contribution in [2.45, 2.75) is 104 Å². The molecular formula is C42H53ClN6O8S2. The summed E-state index contributed by atoms with van der Waals surface area (Å²) < 4.78 is -0.676. The Kier molecular flexibility index (Phi) is 14.4. The smallest absolute Gasteiger partial charge is 0.353 e. The molecular weight excluding hydrogens is 816 g/mol. The molecule has 3 saturated heterocycles. The van der Waals surface area contributed by atoms with Crippen LogP contribution in [0.1, 0.15) is 82.0 Å². The number of rotatable bonds is 20. The molecule has 0 radical (unpaired) electrons. The molecule has 4 amide bonds. The van der Waals surface area contributed by atoms with Crippen molar-refractivity contribution in [3.8, 4) is 0 Å². The van der Waals surface area contributed by atoms with Crippen LogP contribution in [0, 0.1) is 0 Å². The van der Waals surface area contributed by atoms with Crippen LogP contribution in [-0.4, -0.2) is 132 Å². The Balaban J connectivity index is 0.931. The zero-order chi connectivity index (χ0) is 42.6. The number of amides is 4. The summed E-state index contributed by atoms with van der Waals surface area (Å²) in [5.74, 6) is -3.52. The van der Waals surface area contributed by atoms with Crippen LogP contribution in [0.3, 0.4) is 0 Å². The first kappa shape index (κ1) is 44.5. The highest BCUT2D eigenvalue weighted by Gasteiger charge is 2.64. The molecule has 59 heavy (non-hydrogen) atoms. The summed E-state index contributed by atoms with van der Waals surface area (Å²) in [6.45, 7) is 4.96. The van der Waals surface area contributed by atoms with Gasteiger partial charge in [-0.05, 0) is 65.0 Å². The van der Waals surface area contributed by atoms with E-state index in [9.17, 15) is 39.0 Å². The number of fused-ring (bicyclic) bond motifs is 2. The van der Waals surface area contributed by atoms with Gasteiger partial charge in [-0.2, -0.15) is 0 Å². The van der Waals surface area contributed by atoms with Gasteiger partial charge in [0.2, 0.25) is 17.7 Å². The number of hydrogen-bond donors (Lipinski definition) is 4. The van der Waals surface area contributed by atoms with Gasteiger partial charge < -0.3 is 25.7 Å². The van der Waals surface area contributed by atoms with Crippen LogP contribution >= 0.6 is 35.1 Å². The highest BCUT2D eigenvalue weighted by molar-refractivity contribution is 8.01. The Morgan fingerprint density at radius 3 is 1.68 bits per heavy atom. The summed E-state index contributed by atoms with van der Waals surface area (Å²) in [4.78, 5) is 83.9. The number of carbonyl (C=O) groups is 6. The molecule has 4 unspecified atom stereocenters. The molecule has 6 rings (SSSR count). The van der Waals surface area contributed by atoms with E-state index in [2.05, 4.69) is 10.6 Å². The average Bonchev–Trinajstić information content (AvgIpc) is 3.46. The van der Waals surface area contributed by atoms with Crippen LogP contribution in [-0.2, 0) is 28.8 Å². The minimum atomic E-state index is -1.27. The van der Waals surface area contributed by atoms with Gasteiger partial charge in [0.25, 0.3) is 5.91 Å². The molecule has 0 saturated carbocycles. The largest absolute Gasteiger partial charge is 0.480 e. The maximum absolute atomic E-state index is 13.8. The predicted molar refractivity (Wildman–Crippen MR) is 227 cm³/mol. The van der Waals surface area contributed by atoms with E-state index >= 15 is 0 Å². The number of halogens is 1. The van der Waals surface area contributed by atoms with Crippen molar-refractivity contribution in [3.05, 3.63) is 82.5 Å². The van der Waals surface area contributed by atoms with E-state index in [1.54, 1.807) is 0 Å². The molecule has 17 heteroatoms. The van der Waals surface area contributed by atoms with Gasteiger partial charge in [0, 0.05) is 10.5 Å². The van der Waals surface area contributed by atoms with E-state index in [-0.39, 0.29) is 34.2 Å². The number of thioether (sulfide) groups is 2. The normalized spacial score (nSPS) is 24.2. The molecule has 4 aliphatic rings. The number of carboxylic acids is 2. The van der Waals surface area contributed by atoms with Crippen LogP contribution in [0.15, 0.2) is 71.4 Å². The highest BCUT2D eigenvalue weighted by Crippen LogP contribution is 2.51. The first-order valence-electron chi connectivity index (χ1n) is 20.0. The lowest BCUT2D eigenvalue weighted by Crippen LogP contribution is -2.71. The fourth-order valence-electron chi connectivity index (χ4n) is 8.54. The summed E-state index contributed by atoms with van der Waals surface area (Å²) in [7, 11) is 3.81. The van der Waals surface area contributed by atoms with Gasteiger partial charge in [0.15, 0.2) is 0 Å². The Bertz CT molecular complexity index is 1940. The summed E-state index contributed by atoms with van der Waals surface area (Å²) in [6, 6.07) is 15.1. The SMILES string of the molecule is CN(CCCCCCCCCN(C)[C@H](C(=O)N[C@H]1C(=O)N2C1SC(C)(C)[C@H]2C(=O)O)c1ccccc1)C(C(=O)NC1C(=O)N2C(C(=O)O)=C(Cl)CSC12)c1ccccc1. The molecule has 0 bridgehead atoms. The number of carbonyl (C=O) groups excluding carboxylic acids is 4. The summed E-state index contributed by atoms with van der Waals surface area (Å²) in [6.07, 6.45) is 6.82. The average molecular weight is 870 g/mol. The zero-order valence-electron chi connectivity index (χ0n) is 33.7. The monoisotopic (exact) mass is 868 g/mol. The van der Waals surface area contributed by atoms with Crippen molar-refractivity contribution >= 4 is 70.7 Å². The third-order valence-electron chi connectivity index (χ3n) is 11.5. The molecule has 3 fully saturated rings. The second kappa shape index (κ2) is 19.1. The van der Waals surface area contributed by atoms with Crippen molar-refractivity contribution in [3.63, 3.8) is 0 Å².